The lowest BCUT2D eigenvalue weighted by Gasteiger charge is -2.36. The summed E-state index contributed by atoms with van der Waals surface area (Å²) in [6, 6.07) is 7.02. The molecule has 2 aliphatic rings. The first kappa shape index (κ1) is 31.6. The molecule has 4 amide bonds. The van der Waals surface area contributed by atoms with E-state index in [0.717, 1.165) is 16.9 Å². The minimum atomic E-state index is -0.816. The summed E-state index contributed by atoms with van der Waals surface area (Å²) in [5.74, 6) is -0.0844. The van der Waals surface area contributed by atoms with Gasteiger partial charge in [-0.05, 0) is 62.1 Å². The van der Waals surface area contributed by atoms with E-state index < -0.39 is 23.5 Å². The summed E-state index contributed by atoms with van der Waals surface area (Å²) in [5, 5.41) is 15.5. The molecule has 2 aromatic carbocycles. The first-order valence-corrected chi connectivity index (χ1v) is 15.0. The van der Waals surface area contributed by atoms with Crippen molar-refractivity contribution in [1.82, 2.24) is 25.5 Å². The Morgan fingerprint density at radius 1 is 1.13 bits per heavy atom. The number of nitrogens with zero attached hydrogens (tertiary/aromatic N) is 3. The van der Waals surface area contributed by atoms with Gasteiger partial charge in [0, 0.05) is 29.4 Å². The Morgan fingerprint density at radius 2 is 1.91 bits per heavy atom. The largest absolute Gasteiger partial charge is 0.494 e. The first-order valence-electron chi connectivity index (χ1n) is 15.0. The minimum absolute atomic E-state index is 0.0493. The van der Waals surface area contributed by atoms with Crippen molar-refractivity contribution in [3.8, 4) is 5.75 Å². The van der Waals surface area contributed by atoms with E-state index >= 15 is 0 Å². The van der Waals surface area contributed by atoms with Crippen molar-refractivity contribution in [2.75, 3.05) is 36.7 Å². The van der Waals surface area contributed by atoms with Crippen LogP contribution in [0.25, 0.3) is 10.9 Å². The van der Waals surface area contributed by atoms with E-state index in [1.165, 1.54) is 13.4 Å². The lowest BCUT2D eigenvalue weighted by Crippen LogP contribution is -2.59. The quantitative estimate of drug-likeness (QED) is 0.243. The molecule has 0 bridgehead atoms. The summed E-state index contributed by atoms with van der Waals surface area (Å²) >= 11 is 0. The van der Waals surface area contributed by atoms with Crippen molar-refractivity contribution in [2.45, 2.75) is 65.1 Å². The number of carbonyl (C=O) groups is 4. The van der Waals surface area contributed by atoms with E-state index in [9.17, 15) is 19.2 Å². The Morgan fingerprint density at radius 3 is 2.62 bits per heavy atom. The lowest BCUT2D eigenvalue weighted by atomic mass is 9.85. The molecule has 3 heterocycles. The van der Waals surface area contributed by atoms with Gasteiger partial charge in [0.05, 0.1) is 30.8 Å². The normalized spacial score (nSPS) is 17.3. The summed E-state index contributed by atoms with van der Waals surface area (Å²) < 4.78 is 5.60. The van der Waals surface area contributed by atoms with Crippen LogP contribution in [0.5, 0.6) is 5.75 Å². The molecule has 3 atom stereocenters. The molecule has 2 aliphatic heterocycles. The zero-order valence-electron chi connectivity index (χ0n) is 26.4. The molecule has 1 aromatic heterocycles. The Kier molecular flexibility index (Phi) is 8.91. The van der Waals surface area contributed by atoms with Crippen LogP contribution in [0.4, 0.5) is 22.9 Å². The van der Waals surface area contributed by atoms with Gasteiger partial charge in [-0.1, -0.05) is 20.8 Å². The number of hydrogen-bond donors (Lipinski definition) is 5. The smallest absolute Gasteiger partial charge is 0.247 e. The second-order valence-electron chi connectivity index (χ2n) is 12.5. The number of rotatable bonds is 9. The third-order valence-corrected chi connectivity index (χ3v) is 8.27. The molecular formula is C32H40N8O5. The van der Waals surface area contributed by atoms with Crippen LogP contribution in [0, 0.1) is 5.41 Å². The summed E-state index contributed by atoms with van der Waals surface area (Å²) in [5.41, 5.74) is 2.84. The van der Waals surface area contributed by atoms with E-state index in [1.807, 2.05) is 39.0 Å². The second kappa shape index (κ2) is 12.7. The summed E-state index contributed by atoms with van der Waals surface area (Å²) in [6.45, 7) is 7.78. The fourth-order valence-electron chi connectivity index (χ4n) is 5.63. The van der Waals surface area contributed by atoms with Gasteiger partial charge in [0.1, 0.15) is 30.0 Å². The summed E-state index contributed by atoms with van der Waals surface area (Å²) in [7, 11) is 3.18. The number of ether oxygens (including phenoxy) is 1. The highest BCUT2D eigenvalue weighted by Crippen LogP contribution is 2.35. The van der Waals surface area contributed by atoms with Crippen LogP contribution >= 0.6 is 0 Å². The van der Waals surface area contributed by atoms with Crippen LogP contribution in [-0.2, 0) is 25.6 Å². The van der Waals surface area contributed by atoms with E-state index in [0.29, 0.717) is 54.0 Å². The number of benzene rings is 2. The maximum atomic E-state index is 13.8. The third kappa shape index (κ3) is 6.68. The monoisotopic (exact) mass is 616 g/mol. The molecule has 238 valence electrons. The number of methoxy groups -OCH3 is 1. The fourth-order valence-corrected chi connectivity index (χ4v) is 5.63. The zero-order chi connectivity index (χ0) is 32.5. The number of likely N-dealkylation sites (N-methyl/N-ethyl adjacent to an activating group) is 1. The van der Waals surface area contributed by atoms with Gasteiger partial charge in [0.15, 0.2) is 0 Å². The number of hydrogen-bond acceptors (Lipinski definition) is 9. The van der Waals surface area contributed by atoms with Crippen LogP contribution < -0.4 is 31.3 Å². The molecule has 13 nitrogen and oxygen atoms in total. The first-order chi connectivity index (χ1) is 21.4. The molecule has 0 spiro atoms. The van der Waals surface area contributed by atoms with Crippen molar-refractivity contribution in [3.05, 3.63) is 42.2 Å². The number of likely N-dealkylation sites (tertiary alicyclic amines) is 1. The maximum absolute atomic E-state index is 13.8. The fraction of sp³-hybridized carbons (Fsp3) is 0.438. The van der Waals surface area contributed by atoms with Crippen molar-refractivity contribution in [3.63, 3.8) is 0 Å². The molecule has 3 aromatic rings. The van der Waals surface area contributed by atoms with Gasteiger partial charge < -0.3 is 36.2 Å². The topological polar surface area (TPSA) is 167 Å². The Bertz CT molecular complexity index is 1650. The highest BCUT2D eigenvalue weighted by atomic mass is 16.5. The molecule has 0 unspecified atom stereocenters. The Labute approximate surface area is 261 Å². The number of aromatic nitrogens is 2. The predicted octanol–water partition coefficient (Wildman–Crippen LogP) is 2.94. The number of anilines is 4. The minimum Gasteiger partial charge on any atom is -0.494 e. The van der Waals surface area contributed by atoms with Gasteiger partial charge in [-0.25, -0.2) is 9.97 Å². The van der Waals surface area contributed by atoms with Gasteiger partial charge in [-0.2, -0.15) is 0 Å². The van der Waals surface area contributed by atoms with E-state index in [-0.39, 0.29) is 23.6 Å². The molecular weight excluding hydrogens is 576 g/mol. The van der Waals surface area contributed by atoms with Gasteiger partial charge in [0.25, 0.3) is 0 Å². The zero-order valence-corrected chi connectivity index (χ0v) is 26.4. The highest BCUT2D eigenvalue weighted by Gasteiger charge is 2.42. The molecule has 1 fully saturated rings. The SMILES string of the molecule is CN[C@@H](C)C(=O)N[C@H](C(=O)N1CCC[C@H]1C(=O)Nc1cc2c(Nc3ccc4c(c3)CC(=O)N4)ncnc2cc1OC)C(C)(C)C. The van der Waals surface area contributed by atoms with Crippen LogP contribution in [-0.4, -0.2) is 77.3 Å². The van der Waals surface area contributed by atoms with Gasteiger partial charge >= 0.3 is 0 Å². The maximum Gasteiger partial charge on any atom is 0.247 e. The molecule has 0 saturated carbocycles. The van der Waals surface area contributed by atoms with E-state index in [2.05, 4.69) is 36.6 Å². The average molecular weight is 617 g/mol. The molecule has 1 saturated heterocycles. The van der Waals surface area contributed by atoms with Gasteiger partial charge in [-0.3, -0.25) is 19.2 Å². The van der Waals surface area contributed by atoms with Gasteiger partial charge in [-0.15, -0.1) is 0 Å². The second-order valence-corrected chi connectivity index (χ2v) is 12.5. The van der Waals surface area contributed by atoms with E-state index in [4.69, 9.17) is 4.74 Å². The number of nitrogens with one attached hydrogen (secondary N) is 5. The average Bonchev–Trinajstić information content (AvgIpc) is 3.64. The Hall–Kier alpha value is -4.78. The van der Waals surface area contributed by atoms with Gasteiger partial charge in [0.2, 0.25) is 23.6 Å². The van der Waals surface area contributed by atoms with Crippen molar-refractivity contribution >= 4 is 57.4 Å². The van der Waals surface area contributed by atoms with E-state index in [1.54, 1.807) is 31.0 Å². The number of amides is 4. The van der Waals surface area contributed by atoms with Crippen LogP contribution in [0.1, 0.15) is 46.1 Å². The molecule has 45 heavy (non-hydrogen) atoms. The van der Waals surface area contributed by atoms with Crippen molar-refractivity contribution in [2.24, 2.45) is 5.41 Å². The van der Waals surface area contributed by atoms with Crippen LogP contribution in [0.2, 0.25) is 0 Å². The molecule has 0 radical (unpaired) electrons. The molecule has 5 rings (SSSR count). The summed E-state index contributed by atoms with van der Waals surface area (Å²) in [4.78, 5) is 62.5. The Balaban J connectivity index is 1.39. The van der Waals surface area contributed by atoms with Crippen molar-refractivity contribution < 1.29 is 23.9 Å². The lowest BCUT2D eigenvalue weighted by molar-refractivity contribution is -0.143. The molecule has 13 heteroatoms. The van der Waals surface area contributed by atoms with Crippen molar-refractivity contribution in [1.29, 1.82) is 0 Å². The highest BCUT2D eigenvalue weighted by molar-refractivity contribution is 6.03. The number of carbonyl (C=O) groups excluding carboxylic acids is 4. The molecule has 0 aliphatic carbocycles. The summed E-state index contributed by atoms with van der Waals surface area (Å²) in [6.07, 6.45) is 2.88. The van der Waals surface area contributed by atoms with Crippen LogP contribution in [0.15, 0.2) is 36.7 Å². The predicted molar refractivity (Wildman–Crippen MR) is 171 cm³/mol. The number of fused-ring (bicyclic) bond motifs is 2. The third-order valence-electron chi connectivity index (χ3n) is 8.27. The molecule has 5 N–H and O–H groups in total. The van der Waals surface area contributed by atoms with Crippen LogP contribution in [0.3, 0.4) is 0 Å². The standard InChI is InChI=1S/C32H40N8O5/c1-17(33-5)29(42)39-27(32(2,3)4)31(44)40-11-7-8-24(40)30(43)38-23-14-20-22(15-25(23)45-6)34-16-35-28(20)36-19-9-10-21-18(12-19)13-26(41)37-21/h9-10,12,14-17,24,27,33H,7-8,11,13H2,1-6H3,(H,37,41)(H,38,43)(H,39,42)(H,34,35,36)/t17-,24-,27+/m0/s1.